The Morgan fingerprint density at radius 2 is 1.90 bits per heavy atom. The average Bonchev–Trinajstić information content (AvgIpc) is 2.98. The van der Waals surface area contributed by atoms with E-state index >= 15 is 0 Å². The number of rotatable bonds is 1. The lowest BCUT2D eigenvalue weighted by Crippen LogP contribution is -2.67. The Morgan fingerprint density at radius 1 is 1.13 bits per heavy atom. The van der Waals surface area contributed by atoms with E-state index in [4.69, 9.17) is 14.2 Å². The summed E-state index contributed by atoms with van der Waals surface area (Å²) >= 11 is 0. The van der Waals surface area contributed by atoms with Crippen molar-refractivity contribution in [3.63, 3.8) is 0 Å². The van der Waals surface area contributed by atoms with Gasteiger partial charge in [-0.3, -0.25) is 9.59 Å². The standard InChI is InChI=1S/C24H34O6/c1-21-9-7-15(25)11-14(21)5-6-16-17-8-10-24(22(17,2)12-18(26)20(16)21)19(27)13-29-23(3,28-4)30-24/h11,16-18,20,26H,5-10,12-13H2,1-4H3/t16-,17+,18-,20-,21-,22+,23+,24-/m0/s1. The third-order valence-electron chi connectivity index (χ3n) is 9.66. The van der Waals surface area contributed by atoms with Crippen molar-refractivity contribution in [1.29, 1.82) is 0 Å². The first kappa shape index (κ1) is 20.8. The van der Waals surface area contributed by atoms with E-state index in [0.717, 1.165) is 25.7 Å². The van der Waals surface area contributed by atoms with E-state index < -0.39 is 23.1 Å². The summed E-state index contributed by atoms with van der Waals surface area (Å²) in [6, 6.07) is 0. The molecule has 6 nitrogen and oxygen atoms in total. The Bertz CT molecular complexity index is 821. The lowest BCUT2D eigenvalue weighted by molar-refractivity contribution is -0.415. The van der Waals surface area contributed by atoms with Crippen LogP contribution in [-0.2, 0) is 23.8 Å². The zero-order chi connectivity index (χ0) is 21.5. The molecule has 5 aliphatic rings. The van der Waals surface area contributed by atoms with Gasteiger partial charge in [-0.05, 0) is 67.8 Å². The summed E-state index contributed by atoms with van der Waals surface area (Å²) in [6.07, 6.45) is 6.64. The van der Waals surface area contributed by atoms with Crippen LogP contribution < -0.4 is 0 Å². The summed E-state index contributed by atoms with van der Waals surface area (Å²) in [6.45, 7) is 6.08. The van der Waals surface area contributed by atoms with Crippen molar-refractivity contribution in [2.75, 3.05) is 13.7 Å². The van der Waals surface area contributed by atoms with Gasteiger partial charge in [0, 0.05) is 25.9 Å². The molecule has 0 aromatic heterocycles. The third-order valence-corrected chi connectivity index (χ3v) is 9.66. The van der Waals surface area contributed by atoms with Gasteiger partial charge in [0.25, 0.3) is 5.97 Å². The van der Waals surface area contributed by atoms with E-state index in [-0.39, 0.29) is 29.5 Å². The van der Waals surface area contributed by atoms with Crippen LogP contribution >= 0.6 is 0 Å². The number of aliphatic hydroxyl groups excluding tert-OH is 1. The van der Waals surface area contributed by atoms with Crippen LogP contribution in [0.2, 0.25) is 0 Å². The molecule has 0 amide bonds. The summed E-state index contributed by atoms with van der Waals surface area (Å²) in [5.74, 6) is -0.310. The molecule has 6 heteroatoms. The highest BCUT2D eigenvalue weighted by Crippen LogP contribution is 2.69. The number of carbonyl (C=O) groups excluding carboxylic acids is 2. The van der Waals surface area contributed by atoms with E-state index in [1.54, 1.807) is 6.92 Å². The molecule has 1 heterocycles. The molecule has 0 unspecified atom stereocenters. The number of Topliss-reactive ketones (excluding diaryl/α,β-unsaturated/α-hetero) is 1. The molecule has 3 saturated carbocycles. The van der Waals surface area contributed by atoms with Gasteiger partial charge >= 0.3 is 0 Å². The van der Waals surface area contributed by atoms with Crippen LogP contribution in [0.25, 0.3) is 0 Å². The smallest absolute Gasteiger partial charge is 0.281 e. The van der Waals surface area contributed by atoms with E-state index in [9.17, 15) is 14.7 Å². The summed E-state index contributed by atoms with van der Waals surface area (Å²) in [5, 5.41) is 11.5. The van der Waals surface area contributed by atoms with Gasteiger partial charge in [-0.2, -0.15) is 0 Å². The number of aliphatic hydroxyl groups is 1. The quantitative estimate of drug-likeness (QED) is 0.704. The molecule has 0 aromatic carbocycles. The summed E-state index contributed by atoms with van der Waals surface area (Å²) in [5.41, 5.74) is -0.349. The highest BCUT2D eigenvalue weighted by Gasteiger charge is 2.71. The fourth-order valence-electron chi connectivity index (χ4n) is 8.12. The van der Waals surface area contributed by atoms with E-state index in [1.807, 2.05) is 6.08 Å². The number of hydrogen-bond donors (Lipinski definition) is 1. The van der Waals surface area contributed by atoms with E-state index in [2.05, 4.69) is 13.8 Å². The van der Waals surface area contributed by atoms with Crippen LogP contribution in [0.3, 0.4) is 0 Å². The molecule has 1 aliphatic heterocycles. The van der Waals surface area contributed by atoms with Crippen molar-refractivity contribution in [3.05, 3.63) is 11.6 Å². The van der Waals surface area contributed by atoms with Crippen molar-refractivity contribution in [1.82, 2.24) is 0 Å². The normalized spacial score (nSPS) is 53.2. The molecular weight excluding hydrogens is 384 g/mol. The second kappa shape index (κ2) is 6.47. The fraction of sp³-hybridized carbons (Fsp3) is 0.833. The first-order valence-electron chi connectivity index (χ1n) is 11.4. The minimum absolute atomic E-state index is 0.0243. The maximum absolute atomic E-state index is 13.2. The Morgan fingerprint density at radius 3 is 2.63 bits per heavy atom. The zero-order valence-corrected chi connectivity index (χ0v) is 18.5. The lowest BCUT2D eigenvalue weighted by atomic mass is 9.45. The van der Waals surface area contributed by atoms with Gasteiger partial charge in [0.1, 0.15) is 12.2 Å². The van der Waals surface area contributed by atoms with Crippen LogP contribution in [0, 0.1) is 28.6 Å². The van der Waals surface area contributed by atoms with Crippen LogP contribution in [0.4, 0.5) is 0 Å². The molecule has 166 valence electrons. The minimum Gasteiger partial charge on any atom is -0.393 e. The zero-order valence-electron chi connectivity index (χ0n) is 18.5. The molecule has 4 fully saturated rings. The number of carbonyl (C=O) groups is 2. The molecule has 0 bridgehead atoms. The molecule has 1 N–H and O–H groups in total. The predicted octanol–water partition coefficient (Wildman–Crippen LogP) is 3.16. The highest BCUT2D eigenvalue weighted by molar-refractivity contribution is 5.92. The molecule has 30 heavy (non-hydrogen) atoms. The van der Waals surface area contributed by atoms with Gasteiger partial charge in [0.15, 0.2) is 11.6 Å². The summed E-state index contributed by atoms with van der Waals surface area (Å²) < 4.78 is 17.4. The van der Waals surface area contributed by atoms with Gasteiger partial charge in [-0.15, -0.1) is 0 Å². The summed E-state index contributed by atoms with van der Waals surface area (Å²) in [7, 11) is 1.53. The number of ether oxygens (including phenoxy) is 3. The molecule has 5 rings (SSSR count). The number of hydrogen-bond acceptors (Lipinski definition) is 6. The minimum atomic E-state index is -1.24. The largest absolute Gasteiger partial charge is 0.393 e. The maximum atomic E-state index is 13.2. The second-order valence-corrected chi connectivity index (χ2v) is 10.8. The number of methoxy groups -OCH3 is 1. The van der Waals surface area contributed by atoms with Crippen LogP contribution in [0.1, 0.15) is 65.7 Å². The van der Waals surface area contributed by atoms with Crippen LogP contribution in [-0.4, -0.2) is 48.1 Å². The Labute approximate surface area is 178 Å². The second-order valence-electron chi connectivity index (χ2n) is 10.8. The Balaban J connectivity index is 1.54. The monoisotopic (exact) mass is 418 g/mol. The first-order chi connectivity index (χ1) is 14.1. The number of ketones is 2. The first-order valence-corrected chi connectivity index (χ1v) is 11.4. The molecule has 0 radical (unpaired) electrons. The number of fused-ring (bicyclic) bond motifs is 6. The van der Waals surface area contributed by atoms with Gasteiger partial charge in [-0.25, -0.2) is 0 Å². The topological polar surface area (TPSA) is 82.1 Å². The van der Waals surface area contributed by atoms with Crippen LogP contribution in [0.15, 0.2) is 11.6 Å². The van der Waals surface area contributed by atoms with E-state index in [1.165, 1.54) is 12.7 Å². The van der Waals surface area contributed by atoms with Gasteiger partial charge < -0.3 is 19.3 Å². The Hall–Kier alpha value is -1.08. The predicted molar refractivity (Wildman–Crippen MR) is 108 cm³/mol. The molecule has 4 aliphatic carbocycles. The van der Waals surface area contributed by atoms with E-state index in [0.29, 0.717) is 31.1 Å². The van der Waals surface area contributed by atoms with Crippen molar-refractivity contribution in [3.8, 4) is 0 Å². The Kier molecular flexibility index (Phi) is 4.49. The van der Waals surface area contributed by atoms with Crippen molar-refractivity contribution < 1.29 is 28.9 Å². The highest BCUT2D eigenvalue weighted by atomic mass is 16.9. The molecular formula is C24H34O6. The van der Waals surface area contributed by atoms with Gasteiger partial charge in [-0.1, -0.05) is 19.4 Å². The van der Waals surface area contributed by atoms with Crippen molar-refractivity contribution in [2.24, 2.45) is 28.6 Å². The molecule has 1 saturated heterocycles. The molecule has 8 atom stereocenters. The molecule has 1 spiro atoms. The van der Waals surface area contributed by atoms with Crippen molar-refractivity contribution in [2.45, 2.75) is 83.4 Å². The van der Waals surface area contributed by atoms with Crippen LogP contribution in [0.5, 0.6) is 0 Å². The number of allylic oxidation sites excluding steroid dienone is 1. The van der Waals surface area contributed by atoms with Gasteiger partial charge in [0.2, 0.25) is 0 Å². The summed E-state index contributed by atoms with van der Waals surface area (Å²) in [4.78, 5) is 25.3. The maximum Gasteiger partial charge on any atom is 0.281 e. The average molecular weight is 419 g/mol. The fourth-order valence-corrected chi connectivity index (χ4v) is 8.12. The lowest BCUT2D eigenvalue weighted by Gasteiger charge is -2.61. The SMILES string of the molecule is CO[C@]1(C)OCC(=O)[C@]2(CC[C@@H]3[C@@H]4CCC5=CC(=O)CC[C@]5(C)[C@@H]4[C@@H](O)C[C@]32C)O1. The van der Waals surface area contributed by atoms with Gasteiger partial charge in [0.05, 0.1) is 6.10 Å². The van der Waals surface area contributed by atoms with Crippen molar-refractivity contribution >= 4 is 11.6 Å². The third kappa shape index (κ3) is 2.51. The molecule has 0 aromatic rings.